The predicted octanol–water partition coefficient (Wildman–Crippen LogP) is 3.74. The highest BCUT2D eigenvalue weighted by atomic mass is 35.5. The molecule has 2 aromatic carbocycles. The van der Waals surface area contributed by atoms with E-state index in [1.165, 1.54) is 11.3 Å². The van der Waals surface area contributed by atoms with Gasteiger partial charge in [-0.2, -0.15) is 5.26 Å². The van der Waals surface area contributed by atoms with Crippen LogP contribution in [0.4, 0.5) is 0 Å². The number of nitrogens with one attached hydrogen (secondary N) is 6. The molecule has 11 atom stereocenters. The summed E-state index contributed by atoms with van der Waals surface area (Å²) >= 11 is 8.28. The highest BCUT2D eigenvalue weighted by Gasteiger charge is 2.53. The summed E-state index contributed by atoms with van der Waals surface area (Å²) in [5, 5.41) is 17.2. The Morgan fingerprint density at radius 1 is 0.937 bits per heavy atom. The molecule has 17 heteroatoms. The van der Waals surface area contributed by atoms with Gasteiger partial charge in [0, 0.05) is 74.2 Å². The van der Waals surface area contributed by atoms with Crippen LogP contribution in [-0.2, 0) is 9.53 Å². The van der Waals surface area contributed by atoms with Crippen LogP contribution in [0.5, 0.6) is 11.5 Å². The Morgan fingerprint density at radius 3 is 2.46 bits per heavy atom. The van der Waals surface area contributed by atoms with Gasteiger partial charge in [-0.3, -0.25) is 29.8 Å². The van der Waals surface area contributed by atoms with Gasteiger partial charge in [0.2, 0.25) is 5.91 Å². The van der Waals surface area contributed by atoms with E-state index in [0.29, 0.717) is 44.8 Å². The van der Waals surface area contributed by atoms with Crippen LogP contribution < -0.4 is 41.8 Å². The van der Waals surface area contributed by atoms with E-state index >= 15 is 0 Å². The molecule has 10 rings (SSSR count). The molecule has 8 aliphatic rings. The third-order valence-corrected chi connectivity index (χ3v) is 17.0. The minimum absolute atomic E-state index is 0.0230. The summed E-state index contributed by atoms with van der Waals surface area (Å²) in [5.74, 6) is 2.49. The van der Waals surface area contributed by atoms with E-state index in [1.807, 2.05) is 0 Å². The first-order valence-corrected chi connectivity index (χ1v) is 24.8. The van der Waals surface area contributed by atoms with E-state index in [0.717, 1.165) is 96.4 Å². The van der Waals surface area contributed by atoms with E-state index in [2.05, 4.69) is 110 Å². The molecule has 340 valence electrons. The number of fused-ring (bicyclic) bond motifs is 3. The second-order valence-corrected chi connectivity index (χ2v) is 21.0. The van der Waals surface area contributed by atoms with Crippen molar-refractivity contribution in [1.82, 2.24) is 47.0 Å². The number of amides is 1. The lowest BCUT2D eigenvalue weighted by molar-refractivity contribution is -0.125. The van der Waals surface area contributed by atoms with Crippen LogP contribution in [0.3, 0.4) is 0 Å². The Kier molecular flexibility index (Phi) is 13.2. The second kappa shape index (κ2) is 19.0. The smallest absolute Gasteiger partial charge is 0.238 e. The molecule has 10 unspecified atom stereocenters. The summed E-state index contributed by atoms with van der Waals surface area (Å²) in [4.78, 5) is 26.6. The number of aliphatic imine (C=N–C) groups is 1. The fourth-order valence-corrected chi connectivity index (χ4v) is 13.3. The summed E-state index contributed by atoms with van der Waals surface area (Å²) in [6.45, 7) is 12.6. The lowest BCUT2D eigenvalue weighted by Crippen LogP contribution is -2.63. The van der Waals surface area contributed by atoms with Crippen molar-refractivity contribution in [2.24, 2.45) is 16.8 Å². The Bertz CT molecular complexity index is 2000. The van der Waals surface area contributed by atoms with Gasteiger partial charge >= 0.3 is 0 Å². The van der Waals surface area contributed by atoms with Gasteiger partial charge in [0.15, 0.2) is 0 Å². The van der Waals surface area contributed by atoms with Crippen LogP contribution in [0.15, 0.2) is 47.5 Å². The van der Waals surface area contributed by atoms with Crippen molar-refractivity contribution >= 4 is 35.0 Å². The molecule has 0 spiro atoms. The minimum Gasteiger partial charge on any atom is -0.490 e. The number of hydrazine groups is 2. The first kappa shape index (κ1) is 43.8. The van der Waals surface area contributed by atoms with Gasteiger partial charge in [0.05, 0.1) is 53.2 Å². The summed E-state index contributed by atoms with van der Waals surface area (Å²) in [6.07, 6.45) is 7.96. The molecule has 2 aromatic rings. The third-order valence-electron chi connectivity index (χ3n) is 15.0. The number of carbonyl (C=O) groups excluding carboxylic acids is 1. The van der Waals surface area contributed by atoms with Crippen LogP contribution in [0.2, 0.25) is 5.02 Å². The number of hydrogen-bond donors (Lipinski definition) is 6. The zero-order valence-corrected chi connectivity index (χ0v) is 38.3. The number of ether oxygens (including phenoxy) is 3. The van der Waals surface area contributed by atoms with Crippen molar-refractivity contribution < 1.29 is 19.0 Å². The Balaban J connectivity index is 0.668. The fraction of sp³-hybridized carbons (Fsp3) is 0.674. The van der Waals surface area contributed by atoms with Gasteiger partial charge in [-0.05, 0) is 99.7 Å². The maximum atomic E-state index is 13.3. The molecule has 6 N–H and O–H groups in total. The number of nitriles is 1. The topological polar surface area (TPSA) is 163 Å². The van der Waals surface area contributed by atoms with Gasteiger partial charge in [0.25, 0.3) is 0 Å². The molecule has 0 radical (unpaired) electrons. The number of thioether (sulfide) groups is 1. The van der Waals surface area contributed by atoms with Gasteiger partial charge in [-0.15, -0.1) is 11.8 Å². The Labute approximate surface area is 381 Å². The van der Waals surface area contributed by atoms with Gasteiger partial charge in [-0.1, -0.05) is 25.4 Å². The standard InChI is InChI=1S/C46H64ClN11O4S/c1-26-27(2)63-46-42(26)43(51-39(21-41-49-17-19-60-41)44-55-52-28(3)58(44)46)29-4-9-33(10-5-29)62-36-24-57(25-36)32-16-18-56(23-32)40-15-14-38(53-54-40)45(59)50-31-7-12-34(13-8-31)61-35-11-6-30(22-48)37(47)20-35/h4-6,9-11,20,26-28,31-32,34,36,38-42,44,46,49,52-55H,7-8,12-19,21,23-25H2,1-3H3,(H,50,59)/t26?,27?,28?,31?,32?,34?,38?,39-,40?,41?,42?,44?,46?/m0/s1. The molecule has 0 aromatic heterocycles. The maximum absolute atomic E-state index is 13.3. The molecular formula is C46H64ClN11O4S. The predicted molar refractivity (Wildman–Crippen MR) is 244 cm³/mol. The van der Waals surface area contributed by atoms with E-state index < -0.39 is 0 Å². The largest absolute Gasteiger partial charge is 0.490 e. The zero-order valence-electron chi connectivity index (χ0n) is 36.7. The second-order valence-electron chi connectivity index (χ2n) is 19.0. The minimum atomic E-state index is -0.245. The lowest BCUT2D eigenvalue weighted by atomic mass is 9.84. The molecule has 6 saturated heterocycles. The quantitative estimate of drug-likeness (QED) is 0.194. The molecular weight excluding hydrogens is 838 g/mol. The van der Waals surface area contributed by atoms with Crippen molar-refractivity contribution in [3.05, 3.63) is 58.6 Å². The molecule has 7 heterocycles. The van der Waals surface area contributed by atoms with Crippen molar-refractivity contribution in [2.75, 3.05) is 39.3 Å². The Hall–Kier alpha value is -3.05. The number of benzene rings is 2. The summed E-state index contributed by atoms with van der Waals surface area (Å²) in [7, 11) is 0. The lowest BCUT2D eigenvalue weighted by Gasteiger charge is -2.43. The molecule has 7 fully saturated rings. The third kappa shape index (κ3) is 9.36. The van der Waals surface area contributed by atoms with Gasteiger partial charge < -0.3 is 19.5 Å². The average molecular weight is 903 g/mol. The van der Waals surface area contributed by atoms with Crippen molar-refractivity contribution in [3.8, 4) is 17.6 Å². The van der Waals surface area contributed by atoms with Crippen molar-refractivity contribution in [1.29, 1.82) is 5.26 Å². The van der Waals surface area contributed by atoms with E-state index in [4.69, 9.17) is 36.1 Å². The number of carbonyl (C=O) groups is 1. The van der Waals surface area contributed by atoms with Gasteiger partial charge in [-0.25, -0.2) is 21.7 Å². The van der Waals surface area contributed by atoms with Crippen LogP contribution in [-0.4, -0.2) is 137 Å². The first-order valence-electron chi connectivity index (χ1n) is 23.5. The molecule has 1 aliphatic carbocycles. The fourth-order valence-electron chi connectivity index (χ4n) is 11.2. The molecule has 1 saturated carbocycles. The molecule has 7 aliphatic heterocycles. The molecule has 63 heavy (non-hydrogen) atoms. The zero-order chi connectivity index (χ0) is 43.2. The molecule has 15 nitrogen and oxygen atoms in total. The van der Waals surface area contributed by atoms with Crippen LogP contribution in [0.1, 0.15) is 83.3 Å². The Morgan fingerprint density at radius 2 is 1.73 bits per heavy atom. The van der Waals surface area contributed by atoms with Crippen molar-refractivity contribution in [3.63, 3.8) is 0 Å². The molecule has 0 bridgehead atoms. The summed E-state index contributed by atoms with van der Waals surface area (Å²) in [6, 6.07) is 16.5. The number of likely N-dealkylation sites (tertiary alicyclic amines) is 2. The number of rotatable bonds is 11. The summed E-state index contributed by atoms with van der Waals surface area (Å²) in [5.41, 5.74) is 16.8. The monoisotopic (exact) mass is 901 g/mol. The van der Waals surface area contributed by atoms with Crippen LogP contribution >= 0.6 is 23.4 Å². The SMILES string of the molecule is CC1SC2C(C(c3ccc(OC4CN(C5CCN(C6CCC(C(=O)NC7CCC(Oc8ccc(C#N)c(Cl)c8)CC7)NN6)C5)C4)cc3)=N[C@@H](CC3NCCO3)C3NNC(C)N23)C1C. The van der Waals surface area contributed by atoms with Gasteiger partial charge in [0.1, 0.15) is 35.9 Å². The average Bonchev–Trinajstić information content (AvgIpc) is 4.09. The van der Waals surface area contributed by atoms with E-state index in [9.17, 15) is 4.79 Å². The summed E-state index contributed by atoms with van der Waals surface area (Å²) < 4.78 is 18.7. The number of nitrogens with zero attached hydrogens (tertiary/aromatic N) is 5. The number of halogens is 1. The normalized spacial score (nSPS) is 37.6. The van der Waals surface area contributed by atoms with E-state index in [-0.39, 0.29) is 61.0 Å². The van der Waals surface area contributed by atoms with Crippen molar-refractivity contribution in [2.45, 2.75) is 144 Å². The molecule has 1 amide bonds. The van der Waals surface area contributed by atoms with E-state index in [1.54, 1.807) is 18.2 Å². The maximum Gasteiger partial charge on any atom is 0.238 e. The van der Waals surface area contributed by atoms with Crippen LogP contribution in [0, 0.1) is 23.2 Å². The number of hydrogen-bond acceptors (Lipinski definition) is 15. The first-order chi connectivity index (χ1) is 30.7. The highest BCUT2D eigenvalue weighted by Crippen LogP contribution is 2.49. The highest BCUT2D eigenvalue weighted by molar-refractivity contribution is 8.00. The van der Waals surface area contributed by atoms with Crippen LogP contribution in [0.25, 0.3) is 0 Å².